The van der Waals surface area contributed by atoms with Gasteiger partial charge in [-0.3, -0.25) is 14.5 Å². The molecule has 0 N–H and O–H groups in total. The number of carbonyl (C=O) groups excluding carboxylic acids is 2. The molecular weight excluding hydrogens is 268 g/mol. The third-order valence-electron chi connectivity index (χ3n) is 4.16. The van der Waals surface area contributed by atoms with E-state index in [2.05, 4.69) is 6.58 Å². The number of rotatable bonds is 3. The molecular formula is C14H17F2NO3. The molecule has 2 aliphatic rings. The molecule has 0 aliphatic carbocycles. The Balaban J connectivity index is 2.38. The monoisotopic (exact) mass is 285 g/mol. The summed E-state index contributed by atoms with van der Waals surface area (Å²) in [5, 5.41) is 0. The van der Waals surface area contributed by atoms with Crippen molar-refractivity contribution < 1.29 is 23.1 Å². The summed E-state index contributed by atoms with van der Waals surface area (Å²) in [6.07, 6.45) is 1.78. The molecule has 1 amide bonds. The van der Waals surface area contributed by atoms with Crippen LogP contribution >= 0.6 is 0 Å². The molecule has 0 aromatic heterocycles. The Morgan fingerprint density at radius 2 is 2.20 bits per heavy atom. The number of ketones is 1. The van der Waals surface area contributed by atoms with Crippen LogP contribution < -0.4 is 0 Å². The number of hydrogen-bond acceptors (Lipinski definition) is 3. The molecule has 0 aromatic rings. The second kappa shape index (κ2) is 4.77. The third-order valence-corrected chi connectivity index (χ3v) is 4.16. The van der Waals surface area contributed by atoms with E-state index in [0.717, 1.165) is 17.2 Å². The van der Waals surface area contributed by atoms with Crippen molar-refractivity contribution in [3.05, 3.63) is 24.9 Å². The van der Waals surface area contributed by atoms with Crippen LogP contribution in [0.4, 0.5) is 8.78 Å². The second-order valence-corrected chi connectivity index (χ2v) is 5.14. The fourth-order valence-corrected chi connectivity index (χ4v) is 2.68. The number of alkyl halides is 2. The van der Waals surface area contributed by atoms with Gasteiger partial charge < -0.3 is 4.74 Å². The van der Waals surface area contributed by atoms with Crippen LogP contribution in [-0.4, -0.2) is 34.3 Å². The summed E-state index contributed by atoms with van der Waals surface area (Å²) in [7, 11) is 0. The van der Waals surface area contributed by atoms with Crippen molar-refractivity contribution in [2.75, 3.05) is 0 Å². The number of ether oxygens (including phenoxy) is 1. The van der Waals surface area contributed by atoms with Crippen molar-refractivity contribution in [2.45, 2.75) is 44.4 Å². The molecule has 0 radical (unpaired) electrons. The first-order chi connectivity index (χ1) is 9.28. The number of halogens is 2. The van der Waals surface area contributed by atoms with Crippen LogP contribution in [-0.2, 0) is 14.3 Å². The van der Waals surface area contributed by atoms with Crippen molar-refractivity contribution in [3.63, 3.8) is 0 Å². The molecule has 4 nitrogen and oxygen atoms in total. The molecule has 0 aromatic carbocycles. The average Bonchev–Trinajstić information content (AvgIpc) is 2.60. The largest absolute Gasteiger partial charge is 0.340 e. The summed E-state index contributed by atoms with van der Waals surface area (Å²) in [5.74, 6) is -5.40. The van der Waals surface area contributed by atoms with E-state index in [-0.39, 0.29) is 0 Å². The Morgan fingerprint density at radius 3 is 2.65 bits per heavy atom. The topological polar surface area (TPSA) is 46.6 Å². The highest BCUT2D eigenvalue weighted by atomic mass is 19.3. The molecule has 0 spiro atoms. The molecule has 1 fully saturated rings. The summed E-state index contributed by atoms with van der Waals surface area (Å²) in [4.78, 5) is 23.7. The lowest BCUT2D eigenvalue weighted by Gasteiger charge is -2.31. The molecule has 3 atom stereocenters. The van der Waals surface area contributed by atoms with Crippen LogP contribution in [0.2, 0.25) is 0 Å². The van der Waals surface area contributed by atoms with Gasteiger partial charge in [0.25, 0.3) is 5.92 Å². The zero-order valence-electron chi connectivity index (χ0n) is 11.4. The van der Waals surface area contributed by atoms with Crippen molar-refractivity contribution in [3.8, 4) is 0 Å². The standard InChI is InChI=1S/C14H17F2NO3/c1-4-13(5-2)9(3)14(15,16)12(20-13)17-7-6-10(18)8-11(17)19/h4,6-7,9,12H,1,5,8H2,2-3H3/t9-,12-,13-/m1/s1. The maximum atomic E-state index is 14.4. The number of allylic oxidation sites excluding steroid dienone is 1. The summed E-state index contributed by atoms with van der Waals surface area (Å²) in [6.45, 7) is 6.69. The van der Waals surface area contributed by atoms with E-state index in [9.17, 15) is 18.4 Å². The van der Waals surface area contributed by atoms with Crippen LogP contribution in [0.25, 0.3) is 0 Å². The van der Waals surface area contributed by atoms with Crippen molar-refractivity contribution in [1.29, 1.82) is 0 Å². The normalized spacial score (nSPS) is 36.5. The first-order valence-electron chi connectivity index (χ1n) is 6.50. The van der Waals surface area contributed by atoms with Crippen molar-refractivity contribution in [2.24, 2.45) is 5.92 Å². The maximum absolute atomic E-state index is 14.4. The first-order valence-corrected chi connectivity index (χ1v) is 6.50. The number of carbonyl (C=O) groups is 2. The summed E-state index contributed by atoms with van der Waals surface area (Å²) < 4.78 is 34.4. The van der Waals surface area contributed by atoms with Gasteiger partial charge >= 0.3 is 0 Å². The van der Waals surface area contributed by atoms with Crippen LogP contribution in [0, 0.1) is 5.92 Å². The molecule has 0 bridgehead atoms. The molecule has 0 saturated carbocycles. The van der Waals surface area contributed by atoms with Crippen LogP contribution in [0.1, 0.15) is 26.7 Å². The van der Waals surface area contributed by atoms with E-state index in [1.54, 1.807) is 6.92 Å². The average molecular weight is 285 g/mol. The highest BCUT2D eigenvalue weighted by Crippen LogP contribution is 2.50. The second-order valence-electron chi connectivity index (χ2n) is 5.14. The van der Waals surface area contributed by atoms with Gasteiger partial charge in [-0.15, -0.1) is 6.58 Å². The quantitative estimate of drug-likeness (QED) is 0.590. The molecule has 6 heteroatoms. The molecule has 0 unspecified atom stereocenters. The Kier molecular flexibility index (Phi) is 3.54. The Bertz CT molecular complexity index is 489. The fourth-order valence-electron chi connectivity index (χ4n) is 2.68. The van der Waals surface area contributed by atoms with E-state index < -0.39 is 41.8 Å². The smallest absolute Gasteiger partial charge is 0.297 e. The lowest BCUT2D eigenvalue weighted by atomic mass is 9.84. The highest BCUT2D eigenvalue weighted by molar-refractivity contribution is 6.06. The molecule has 110 valence electrons. The van der Waals surface area contributed by atoms with Gasteiger partial charge in [0.2, 0.25) is 12.1 Å². The minimum atomic E-state index is -3.22. The Morgan fingerprint density at radius 1 is 1.55 bits per heavy atom. The fraction of sp³-hybridized carbons (Fsp3) is 0.571. The zero-order chi connectivity index (χ0) is 15.1. The lowest BCUT2D eigenvalue weighted by Crippen LogP contribution is -2.48. The number of amides is 1. The van der Waals surface area contributed by atoms with Crippen molar-refractivity contribution >= 4 is 11.7 Å². The van der Waals surface area contributed by atoms with E-state index in [0.29, 0.717) is 6.42 Å². The molecule has 2 heterocycles. The SMILES string of the molecule is C=C[C@]1(CC)O[C@@H](N2C=CC(=O)CC2=O)C(F)(F)[C@@H]1C. The number of nitrogens with zero attached hydrogens (tertiary/aromatic N) is 1. The van der Waals surface area contributed by atoms with E-state index in [4.69, 9.17) is 4.74 Å². The lowest BCUT2D eigenvalue weighted by molar-refractivity contribution is -0.171. The van der Waals surface area contributed by atoms with Crippen LogP contribution in [0.15, 0.2) is 24.9 Å². The van der Waals surface area contributed by atoms with Gasteiger partial charge in [0.05, 0.1) is 17.9 Å². The minimum Gasteiger partial charge on any atom is -0.340 e. The highest BCUT2D eigenvalue weighted by Gasteiger charge is 2.64. The first kappa shape index (κ1) is 14.8. The van der Waals surface area contributed by atoms with Gasteiger partial charge in [0, 0.05) is 6.20 Å². The summed E-state index contributed by atoms with van der Waals surface area (Å²) in [6, 6.07) is 0. The van der Waals surface area contributed by atoms with Crippen LogP contribution in [0.5, 0.6) is 0 Å². The molecule has 1 saturated heterocycles. The van der Waals surface area contributed by atoms with Gasteiger partial charge in [0.15, 0.2) is 5.78 Å². The number of hydrogen-bond donors (Lipinski definition) is 0. The Hall–Kier alpha value is -1.56. The third kappa shape index (κ3) is 1.98. The molecule has 20 heavy (non-hydrogen) atoms. The van der Waals surface area contributed by atoms with E-state index in [1.165, 1.54) is 13.0 Å². The van der Waals surface area contributed by atoms with Gasteiger partial charge in [0.1, 0.15) is 0 Å². The van der Waals surface area contributed by atoms with Gasteiger partial charge in [-0.1, -0.05) is 19.9 Å². The summed E-state index contributed by atoms with van der Waals surface area (Å²) >= 11 is 0. The molecule has 2 aliphatic heterocycles. The predicted octanol–water partition coefficient (Wildman–Crippen LogP) is 2.26. The van der Waals surface area contributed by atoms with E-state index >= 15 is 0 Å². The summed E-state index contributed by atoms with van der Waals surface area (Å²) in [5.41, 5.74) is -1.18. The minimum absolute atomic E-state index is 0.328. The predicted molar refractivity (Wildman–Crippen MR) is 67.8 cm³/mol. The zero-order valence-corrected chi connectivity index (χ0v) is 11.4. The van der Waals surface area contributed by atoms with Gasteiger partial charge in [-0.05, 0) is 12.5 Å². The van der Waals surface area contributed by atoms with E-state index in [1.807, 2.05) is 0 Å². The van der Waals surface area contributed by atoms with Gasteiger partial charge in [-0.25, -0.2) is 8.78 Å². The maximum Gasteiger partial charge on any atom is 0.297 e. The van der Waals surface area contributed by atoms with Crippen LogP contribution in [0.3, 0.4) is 0 Å². The van der Waals surface area contributed by atoms with Gasteiger partial charge in [-0.2, -0.15) is 0 Å². The Labute approximate surface area is 116 Å². The molecule has 2 rings (SSSR count). The van der Waals surface area contributed by atoms with Crippen molar-refractivity contribution in [1.82, 2.24) is 4.90 Å².